The molecular formula is C16H20F2N2S. The summed E-state index contributed by atoms with van der Waals surface area (Å²) >= 11 is 1.43. The second-order valence-electron chi connectivity index (χ2n) is 5.64. The van der Waals surface area contributed by atoms with Crippen molar-refractivity contribution in [3.8, 4) is 10.6 Å². The summed E-state index contributed by atoms with van der Waals surface area (Å²) in [4.78, 5) is 5.61. The largest absolute Gasteiger partial charge is 0.310 e. The number of benzene rings is 1. The molecule has 0 saturated heterocycles. The minimum Gasteiger partial charge on any atom is -0.310 e. The summed E-state index contributed by atoms with van der Waals surface area (Å²) < 4.78 is 27.2. The SMILES string of the molecule is CC(C)NCc1sc(-c2cc(F)ccc2F)nc1C(C)C. The minimum atomic E-state index is -0.449. The standard InChI is InChI=1S/C16H20F2N2S/c1-9(2)15-14(8-19-10(3)4)21-16(20-15)12-7-11(17)5-6-13(12)18/h5-7,9-10,19H,8H2,1-4H3. The Bertz CT molecular complexity index is 621. The van der Waals surface area contributed by atoms with Gasteiger partial charge in [-0.1, -0.05) is 27.7 Å². The fraction of sp³-hybridized carbons (Fsp3) is 0.438. The van der Waals surface area contributed by atoms with Gasteiger partial charge in [-0.15, -0.1) is 11.3 Å². The van der Waals surface area contributed by atoms with Crippen molar-refractivity contribution in [3.05, 3.63) is 40.4 Å². The van der Waals surface area contributed by atoms with Crippen LogP contribution in [0.2, 0.25) is 0 Å². The van der Waals surface area contributed by atoms with E-state index in [4.69, 9.17) is 0 Å². The number of hydrogen-bond acceptors (Lipinski definition) is 3. The van der Waals surface area contributed by atoms with E-state index in [0.29, 0.717) is 17.6 Å². The number of nitrogens with zero attached hydrogens (tertiary/aromatic N) is 1. The third-order valence-electron chi connectivity index (χ3n) is 3.10. The molecule has 2 rings (SSSR count). The molecule has 0 fully saturated rings. The second kappa shape index (κ2) is 6.62. The summed E-state index contributed by atoms with van der Waals surface area (Å²) in [7, 11) is 0. The maximum Gasteiger partial charge on any atom is 0.133 e. The van der Waals surface area contributed by atoms with Crippen LogP contribution in [-0.4, -0.2) is 11.0 Å². The van der Waals surface area contributed by atoms with Crippen LogP contribution in [0, 0.1) is 11.6 Å². The Morgan fingerprint density at radius 3 is 2.52 bits per heavy atom. The molecule has 0 radical (unpaired) electrons. The Morgan fingerprint density at radius 2 is 1.90 bits per heavy atom. The first-order valence-corrected chi connectivity index (χ1v) is 7.88. The summed E-state index contributed by atoms with van der Waals surface area (Å²) in [6, 6.07) is 3.84. The molecule has 1 aromatic carbocycles. The Kier molecular flexibility index (Phi) is 5.06. The van der Waals surface area contributed by atoms with Crippen LogP contribution in [0.25, 0.3) is 10.6 Å². The molecule has 0 aliphatic heterocycles. The summed E-state index contributed by atoms with van der Waals surface area (Å²) in [5, 5.41) is 3.89. The summed E-state index contributed by atoms with van der Waals surface area (Å²) in [5.74, 6) is -0.644. The predicted octanol–water partition coefficient (Wildman–Crippen LogP) is 4.71. The molecule has 0 aliphatic rings. The van der Waals surface area contributed by atoms with Crippen molar-refractivity contribution in [1.82, 2.24) is 10.3 Å². The molecule has 114 valence electrons. The fourth-order valence-electron chi connectivity index (χ4n) is 2.01. The molecule has 0 amide bonds. The highest BCUT2D eigenvalue weighted by Crippen LogP contribution is 2.33. The molecule has 1 N–H and O–H groups in total. The van der Waals surface area contributed by atoms with Crippen LogP contribution in [0.3, 0.4) is 0 Å². The molecule has 0 spiro atoms. The van der Waals surface area contributed by atoms with Crippen molar-refractivity contribution in [2.24, 2.45) is 0 Å². The van der Waals surface area contributed by atoms with Gasteiger partial charge in [0.1, 0.15) is 16.6 Å². The maximum absolute atomic E-state index is 13.9. The Balaban J connectivity index is 2.41. The van der Waals surface area contributed by atoms with Gasteiger partial charge < -0.3 is 5.32 Å². The Morgan fingerprint density at radius 1 is 1.19 bits per heavy atom. The summed E-state index contributed by atoms with van der Waals surface area (Å²) in [6.45, 7) is 8.95. The van der Waals surface area contributed by atoms with Crippen molar-refractivity contribution in [2.75, 3.05) is 0 Å². The molecule has 5 heteroatoms. The first-order chi connectivity index (χ1) is 9.88. The minimum absolute atomic E-state index is 0.234. The Hall–Kier alpha value is -1.33. The van der Waals surface area contributed by atoms with Crippen LogP contribution in [-0.2, 0) is 6.54 Å². The molecule has 21 heavy (non-hydrogen) atoms. The highest BCUT2D eigenvalue weighted by atomic mass is 32.1. The summed E-state index contributed by atoms with van der Waals surface area (Å²) in [5.41, 5.74) is 1.18. The van der Waals surface area contributed by atoms with Crippen molar-refractivity contribution in [1.29, 1.82) is 0 Å². The van der Waals surface area contributed by atoms with Crippen molar-refractivity contribution >= 4 is 11.3 Å². The number of thiazole rings is 1. The number of rotatable bonds is 5. The van der Waals surface area contributed by atoms with E-state index in [1.165, 1.54) is 17.4 Å². The number of hydrogen-bond donors (Lipinski definition) is 1. The van der Waals surface area contributed by atoms with E-state index in [0.717, 1.165) is 22.7 Å². The molecule has 0 aliphatic carbocycles. The quantitative estimate of drug-likeness (QED) is 0.865. The van der Waals surface area contributed by atoms with Crippen LogP contribution in [0.15, 0.2) is 18.2 Å². The van der Waals surface area contributed by atoms with E-state index in [-0.39, 0.29) is 11.5 Å². The van der Waals surface area contributed by atoms with Gasteiger partial charge in [-0.2, -0.15) is 0 Å². The van der Waals surface area contributed by atoms with E-state index >= 15 is 0 Å². The van der Waals surface area contributed by atoms with E-state index in [2.05, 4.69) is 38.0 Å². The maximum atomic E-state index is 13.9. The van der Waals surface area contributed by atoms with Crippen molar-refractivity contribution < 1.29 is 8.78 Å². The van der Waals surface area contributed by atoms with Gasteiger partial charge in [0.05, 0.1) is 5.69 Å². The van der Waals surface area contributed by atoms with E-state index in [1.807, 2.05) is 0 Å². The third kappa shape index (κ3) is 3.86. The Labute approximate surface area is 128 Å². The van der Waals surface area contributed by atoms with Gasteiger partial charge in [0.25, 0.3) is 0 Å². The lowest BCUT2D eigenvalue weighted by Gasteiger charge is -2.09. The average molecular weight is 310 g/mol. The first-order valence-electron chi connectivity index (χ1n) is 7.07. The van der Waals surface area contributed by atoms with Crippen LogP contribution in [0.1, 0.15) is 44.2 Å². The zero-order valence-corrected chi connectivity index (χ0v) is 13.5. The monoisotopic (exact) mass is 310 g/mol. The van der Waals surface area contributed by atoms with Crippen LogP contribution in [0.5, 0.6) is 0 Å². The van der Waals surface area contributed by atoms with Gasteiger partial charge in [0.15, 0.2) is 0 Å². The molecule has 1 heterocycles. The van der Waals surface area contributed by atoms with E-state index in [9.17, 15) is 8.78 Å². The fourth-order valence-corrected chi connectivity index (χ4v) is 3.20. The lowest BCUT2D eigenvalue weighted by atomic mass is 10.1. The van der Waals surface area contributed by atoms with Crippen molar-refractivity contribution in [2.45, 2.75) is 46.2 Å². The average Bonchev–Trinajstić information content (AvgIpc) is 2.83. The molecule has 2 aromatic rings. The van der Waals surface area contributed by atoms with Gasteiger partial charge in [0, 0.05) is 23.0 Å². The molecule has 0 unspecified atom stereocenters. The van der Waals surface area contributed by atoms with Gasteiger partial charge in [0.2, 0.25) is 0 Å². The number of halogens is 2. The number of nitrogens with one attached hydrogen (secondary N) is 1. The first kappa shape index (κ1) is 16.0. The molecule has 1 aromatic heterocycles. The predicted molar refractivity (Wildman–Crippen MR) is 83.5 cm³/mol. The normalized spacial score (nSPS) is 11.6. The van der Waals surface area contributed by atoms with E-state index in [1.54, 1.807) is 0 Å². The van der Waals surface area contributed by atoms with Gasteiger partial charge in [-0.3, -0.25) is 0 Å². The van der Waals surface area contributed by atoms with Gasteiger partial charge >= 0.3 is 0 Å². The smallest absolute Gasteiger partial charge is 0.133 e. The summed E-state index contributed by atoms with van der Waals surface area (Å²) in [6.07, 6.45) is 0. The van der Waals surface area contributed by atoms with Gasteiger partial charge in [-0.25, -0.2) is 13.8 Å². The molecule has 0 saturated carbocycles. The lowest BCUT2D eigenvalue weighted by molar-refractivity contribution is 0.588. The third-order valence-corrected chi connectivity index (χ3v) is 4.21. The highest BCUT2D eigenvalue weighted by Gasteiger charge is 2.18. The second-order valence-corrected chi connectivity index (χ2v) is 6.73. The highest BCUT2D eigenvalue weighted by molar-refractivity contribution is 7.15. The zero-order chi connectivity index (χ0) is 15.6. The van der Waals surface area contributed by atoms with Crippen LogP contribution < -0.4 is 5.32 Å². The van der Waals surface area contributed by atoms with Crippen LogP contribution in [0.4, 0.5) is 8.78 Å². The van der Waals surface area contributed by atoms with Crippen molar-refractivity contribution in [3.63, 3.8) is 0 Å². The van der Waals surface area contributed by atoms with Gasteiger partial charge in [-0.05, 0) is 24.1 Å². The number of aromatic nitrogens is 1. The zero-order valence-electron chi connectivity index (χ0n) is 12.7. The van der Waals surface area contributed by atoms with Crippen LogP contribution >= 0.6 is 11.3 Å². The lowest BCUT2D eigenvalue weighted by Crippen LogP contribution is -2.22. The topological polar surface area (TPSA) is 24.9 Å². The molecule has 0 bridgehead atoms. The van der Waals surface area contributed by atoms with E-state index < -0.39 is 11.6 Å². The molecular weight excluding hydrogens is 290 g/mol. The molecule has 2 nitrogen and oxygen atoms in total. The molecule has 0 atom stereocenters.